The molecule has 2 rings (SSSR count). The Hall–Kier alpha value is -1.19. The van der Waals surface area contributed by atoms with Crippen molar-refractivity contribution in [1.82, 2.24) is 5.32 Å². The molecule has 0 atom stereocenters. The van der Waals surface area contributed by atoms with E-state index in [0.717, 1.165) is 18.4 Å². The molecule has 0 spiro atoms. The number of ether oxygens (including phenoxy) is 1. The molecule has 8 heteroatoms. The third-order valence-corrected chi connectivity index (χ3v) is 3.97. The van der Waals surface area contributed by atoms with Crippen molar-refractivity contribution in [2.24, 2.45) is 10.7 Å². The smallest absolute Gasteiger partial charge is 0.422 e. The molecule has 3 N–H and O–H groups in total. The highest BCUT2D eigenvalue weighted by atomic mass is 127. The summed E-state index contributed by atoms with van der Waals surface area (Å²) in [4.78, 5) is 4.30. The van der Waals surface area contributed by atoms with Crippen molar-refractivity contribution >= 4 is 29.9 Å². The summed E-state index contributed by atoms with van der Waals surface area (Å²) in [6.45, 7) is -0.909. The maximum absolute atomic E-state index is 12.1. The molecule has 4 nitrogen and oxygen atoms in total. The molecular weight excluding hydrogens is 446 g/mol. The number of nitrogens with zero attached hydrogens (tertiary/aromatic N) is 1. The zero-order chi connectivity index (χ0) is 17.4. The van der Waals surface area contributed by atoms with Crippen LogP contribution in [-0.4, -0.2) is 24.8 Å². The number of alkyl halides is 3. The Labute approximate surface area is 163 Å². The van der Waals surface area contributed by atoms with E-state index in [1.165, 1.54) is 37.8 Å². The highest BCUT2D eigenvalue weighted by Crippen LogP contribution is 2.19. The number of benzene rings is 1. The Kier molecular flexibility index (Phi) is 9.37. The average molecular weight is 471 g/mol. The maximum atomic E-state index is 12.1. The van der Waals surface area contributed by atoms with Crippen LogP contribution in [-0.2, 0) is 6.54 Å². The van der Waals surface area contributed by atoms with Crippen molar-refractivity contribution in [3.05, 3.63) is 29.8 Å². The molecule has 0 bridgehead atoms. The lowest BCUT2D eigenvalue weighted by Crippen LogP contribution is -2.39. The molecule has 0 saturated heterocycles. The first-order chi connectivity index (χ1) is 11.4. The van der Waals surface area contributed by atoms with E-state index in [2.05, 4.69) is 15.0 Å². The van der Waals surface area contributed by atoms with Crippen LogP contribution in [0.2, 0.25) is 0 Å². The molecule has 25 heavy (non-hydrogen) atoms. The van der Waals surface area contributed by atoms with Crippen molar-refractivity contribution < 1.29 is 17.9 Å². The minimum Gasteiger partial charge on any atom is -0.484 e. The Balaban J connectivity index is 0.00000312. The van der Waals surface area contributed by atoms with Crippen LogP contribution in [0.25, 0.3) is 0 Å². The third kappa shape index (κ3) is 9.18. The Bertz CT molecular complexity index is 527. The van der Waals surface area contributed by atoms with Crippen LogP contribution in [0, 0.1) is 0 Å². The van der Waals surface area contributed by atoms with Gasteiger partial charge in [0.15, 0.2) is 12.6 Å². The van der Waals surface area contributed by atoms with Crippen LogP contribution < -0.4 is 15.8 Å². The average Bonchev–Trinajstić information content (AvgIpc) is 2.80. The van der Waals surface area contributed by atoms with Gasteiger partial charge >= 0.3 is 6.18 Å². The van der Waals surface area contributed by atoms with Crippen molar-refractivity contribution in [2.75, 3.05) is 6.61 Å². The Morgan fingerprint density at radius 1 is 1.12 bits per heavy atom. The van der Waals surface area contributed by atoms with E-state index in [0.29, 0.717) is 18.5 Å². The highest BCUT2D eigenvalue weighted by Gasteiger charge is 2.28. The van der Waals surface area contributed by atoms with E-state index in [-0.39, 0.29) is 29.7 Å². The highest BCUT2D eigenvalue weighted by molar-refractivity contribution is 14.0. The monoisotopic (exact) mass is 471 g/mol. The van der Waals surface area contributed by atoms with Crippen molar-refractivity contribution in [3.63, 3.8) is 0 Å². The van der Waals surface area contributed by atoms with Gasteiger partial charge in [0.05, 0.1) is 6.54 Å². The molecule has 0 aliphatic heterocycles. The first-order valence-electron chi connectivity index (χ1n) is 8.27. The molecule has 1 aliphatic carbocycles. The molecule has 142 valence electrons. The minimum atomic E-state index is -4.33. The van der Waals surface area contributed by atoms with Crippen molar-refractivity contribution in [3.8, 4) is 5.75 Å². The van der Waals surface area contributed by atoms with Crippen LogP contribution in [0.3, 0.4) is 0 Å². The number of aliphatic imine (C=N–C) groups is 1. The van der Waals surface area contributed by atoms with Gasteiger partial charge in [-0.2, -0.15) is 13.2 Å². The second-order valence-electron chi connectivity index (χ2n) is 6.08. The number of nitrogens with two attached hydrogens (primary N) is 1. The second-order valence-corrected chi connectivity index (χ2v) is 6.08. The summed E-state index contributed by atoms with van der Waals surface area (Å²) in [6.07, 6.45) is 2.87. The van der Waals surface area contributed by atoms with Crippen molar-refractivity contribution in [1.29, 1.82) is 0 Å². The standard InChI is InChI=1S/C17H24F3N3O.HI/c18-17(19,20)12-24-15-9-7-13(8-10-15)11-22-16(21)23-14-5-3-1-2-4-6-14;/h7-10,14H,1-6,11-12H2,(H3,21,22,23);1H. The molecule has 1 aromatic carbocycles. The normalized spacial score (nSPS) is 16.7. The van der Waals surface area contributed by atoms with E-state index in [4.69, 9.17) is 5.73 Å². The Morgan fingerprint density at radius 2 is 1.72 bits per heavy atom. The lowest BCUT2D eigenvalue weighted by atomic mass is 10.1. The number of hydrogen-bond acceptors (Lipinski definition) is 2. The van der Waals surface area contributed by atoms with Crippen LogP contribution >= 0.6 is 24.0 Å². The first-order valence-corrected chi connectivity index (χ1v) is 8.27. The molecule has 0 unspecified atom stereocenters. The van der Waals surface area contributed by atoms with Gasteiger partial charge in [-0.1, -0.05) is 37.8 Å². The molecule has 0 amide bonds. The quantitative estimate of drug-likeness (QED) is 0.290. The summed E-state index contributed by atoms with van der Waals surface area (Å²) < 4.78 is 40.9. The molecule has 1 aliphatic rings. The molecule has 1 saturated carbocycles. The van der Waals surface area contributed by atoms with Gasteiger partial charge in [-0.3, -0.25) is 0 Å². The number of rotatable bonds is 5. The fourth-order valence-corrected chi connectivity index (χ4v) is 2.71. The molecule has 0 aromatic heterocycles. The summed E-state index contributed by atoms with van der Waals surface area (Å²) in [7, 11) is 0. The van der Waals surface area contributed by atoms with E-state index in [9.17, 15) is 13.2 Å². The van der Waals surface area contributed by atoms with Gasteiger partial charge in [0, 0.05) is 6.04 Å². The van der Waals surface area contributed by atoms with Crippen molar-refractivity contribution in [2.45, 2.75) is 57.3 Å². The Morgan fingerprint density at radius 3 is 2.28 bits per heavy atom. The van der Waals surface area contributed by atoms with E-state index < -0.39 is 12.8 Å². The van der Waals surface area contributed by atoms with Gasteiger partial charge < -0.3 is 15.8 Å². The minimum absolute atomic E-state index is 0. The van der Waals surface area contributed by atoms with Crippen LogP contribution in [0.5, 0.6) is 5.75 Å². The van der Waals surface area contributed by atoms with E-state index in [1.54, 1.807) is 12.1 Å². The first kappa shape index (κ1) is 21.9. The largest absolute Gasteiger partial charge is 0.484 e. The van der Waals surface area contributed by atoms with E-state index >= 15 is 0 Å². The lowest BCUT2D eigenvalue weighted by molar-refractivity contribution is -0.153. The van der Waals surface area contributed by atoms with Gasteiger partial charge in [-0.15, -0.1) is 24.0 Å². The summed E-state index contributed by atoms with van der Waals surface area (Å²) >= 11 is 0. The fraction of sp³-hybridized carbons (Fsp3) is 0.588. The number of halogens is 4. The topological polar surface area (TPSA) is 59.6 Å². The molecule has 1 aromatic rings. The summed E-state index contributed by atoms with van der Waals surface area (Å²) in [5, 5.41) is 3.26. The number of guanidine groups is 1. The molecular formula is C17H25F3IN3O. The van der Waals surface area contributed by atoms with Gasteiger partial charge in [0.25, 0.3) is 0 Å². The fourth-order valence-electron chi connectivity index (χ4n) is 2.71. The lowest BCUT2D eigenvalue weighted by Gasteiger charge is -2.16. The third-order valence-electron chi connectivity index (χ3n) is 3.97. The SMILES string of the molecule is I.NC(=NCc1ccc(OCC(F)(F)F)cc1)NC1CCCCCC1. The summed E-state index contributed by atoms with van der Waals surface area (Å²) in [5.41, 5.74) is 6.78. The number of nitrogens with one attached hydrogen (secondary N) is 1. The number of hydrogen-bond donors (Lipinski definition) is 2. The summed E-state index contributed by atoms with van der Waals surface area (Å²) in [6, 6.07) is 6.77. The van der Waals surface area contributed by atoms with Gasteiger partial charge in [-0.25, -0.2) is 4.99 Å². The summed E-state index contributed by atoms with van der Waals surface area (Å²) in [5.74, 6) is 0.601. The second kappa shape index (κ2) is 10.7. The van der Waals surface area contributed by atoms with Crippen LogP contribution in [0.15, 0.2) is 29.3 Å². The predicted octanol–water partition coefficient (Wildman–Crippen LogP) is 4.37. The van der Waals surface area contributed by atoms with Gasteiger partial charge in [-0.05, 0) is 30.5 Å². The predicted molar refractivity (Wildman–Crippen MR) is 103 cm³/mol. The maximum Gasteiger partial charge on any atom is 0.422 e. The van der Waals surface area contributed by atoms with Crippen LogP contribution in [0.4, 0.5) is 13.2 Å². The van der Waals surface area contributed by atoms with Gasteiger partial charge in [0.2, 0.25) is 0 Å². The zero-order valence-corrected chi connectivity index (χ0v) is 16.3. The zero-order valence-electron chi connectivity index (χ0n) is 14.0. The van der Waals surface area contributed by atoms with Crippen LogP contribution in [0.1, 0.15) is 44.1 Å². The molecule has 0 radical (unpaired) electrons. The van der Waals surface area contributed by atoms with Gasteiger partial charge in [0.1, 0.15) is 5.75 Å². The molecule has 1 fully saturated rings. The molecule has 0 heterocycles. The van der Waals surface area contributed by atoms with E-state index in [1.807, 2.05) is 0 Å².